The molecule has 0 radical (unpaired) electrons. The maximum atomic E-state index is 12.0. The van der Waals surface area contributed by atoms with E-state index >= 15 is 0 Å². The van der Waals surface area contributed by atoms with E-state index < -0.39 is 0 Å². The molecule has 0 aromatic carbocycles. The molecular weight excluding hydrogens is 236 g/mol. The van der Waals surface area contributed by atoms with Gasteiger partial charge in [0.05, 0.1) is 0 Å². The molecule has 3 rings (SSSR count). The first kappa shape index (κ1) is 12.4. The Hall–Kier alpha value is -1.64. The highest BCUT2D eigenvalue weighted by Gasteiger charge is 2.29. The summed E-state index contributed by atoms with van der Waals surface area (Å²) in [7, 11) is 0. The number of aromatic nitrogens is 1. The van der Waals surface area contributed by atoms with Crippen LogP contribution in [0.15, 0.2) is 24.0 Å². The lowest BCUT2D eigenvalue weighted by Gasteiger charge is -2.17. The van der Waals surface area contributed by atoms with Gasteiger partial charge in [0.1, 0.15) is 0 Å². The number of carbonyl (C=O) groups is 1. The molecule has 1 atom stereocenters. The van der Waals surface area contributed by atoms with Gasteiger partial charge in [0.2, 0.25) is 5.91 Å². The molecule has 1 aliphatic carbocycles. The van der Waals surface area contributed by atoms with E-state index in [2.05, 4.69) is 18.0 Å². The molecule has 1 saturated heterocycles. The van der Waals surface area contributed by atoms with Gasteiger partial charge < -0.3 is 4.90 Å². The lowest BCUT2D eigenvalue weighted by atomic mass is 10.0. The minimum atomic E-state index is 0.327. The summed E-state index contributed by atoms with van der Waals surface area (Å²) in [6.07, 6.45) is 10.0. The van der Waals surface area contributed by atoms with Crippen LogP contribution in [0.2, 0.25) is 0 Å². The second kappa shape index (κ2) is 5.16. The van der Waals surface area contributed by atoms with E-state index in [0.717, 1.165) is 25.9 Å². The zero-order valence-electron chi connectivity index (χ0n) is 11.4. The molecule has 3 heteroatoms. The molecule has 0 N–H and O–H groups in total. The van der Waals surface area contributed by atoms with E-state index in [1.165, 1.54) is 29.5 Å². The van der Waals surface area contributed by atoms with Crippen LogP contribution < -0.4 is 0 Å². The van der Waals surface area contributed by atoms with E-state index in [9.17, 15) is 4.79 Å². The van der Waals surface area contributed by atoms with E-state index in [4.69, 9.17) is 0 Å². The predicted molar refractivity (Wildman–Crippen MR) is 75.5 cm³/mol. The van der Waals surface area contributed by atoms with Crippen molar-refractivity contribution in [1.82, 2.24) is 9.88 Å². The minimum absolute atomic E-state index is 0.327. The maximum Gasteiger partial charge on any atom is 0.223 e. The van der Waals surface area contributed by atoms with Crippen LogP contribution in [0.4, 0.5) is 0 Å². The van der Waals surface area contributed by atoms with E-state index in [0.29, 0.717) is 11.8 Å². The molecule has 19 heavy (non-hydrogen) atoms. The fourth-order valence-electron chi connectivity index (χ4n) is 3.20. The summed E-state index contributed by atoms with van der Waals surface area (Å²) in [4.78, 5) is 18.2. The van der Waals surface area contributed by atoms with Gasteiger partial charge >= 0.3 is 0 Å². The Kier molecular flexibility index (Phi) is 3.36. The maximum absolute atomic E-state index is 12.0. The van der Waals surface area contributed by atoms with Crippen LogP contribution >= 0.6 is 0 Å². The Bertz CT molecular complexity index is 521. The molecule has 0 saturated carbocycles. The third-order valence-electron chi connectivity index (χ3n) is 4.10. The first-order valence-electron chi connectivity index (χ1n) is 7.16. The Balaban J connectivity index is 1.63. The van der Waals surface area contributed by atoms with Crippen molar-refractivity contribution < 1.29 is 4.79 Å². The topological polar surface area (TPSA) is 33.2 Å². The minimum Gasteiger partial charge on any atom is -0.338 e. The molecule has 0 bridgehead atoms. The molecule has 1 fully saturated rings. The summed E-state index contributed by atoms with van der Waals surface area (Å²) in [5, 5.41) is 0. The average molecular weight is 256 g/mol. The van der Waals surface area contributed by atoms with Crippen LogP contribution in [0.3, 0.4) is 0 Å². The van der Waals surface area contributed by atoms with Crippen molar-refractivity contribution in [3.05, 3.63) is 35.2 Å². The van der Waals surface area contributed by atoms with Gasteiger partial charge in [-0.2, -0.15) is 0 Å². The summed E-state index contributed by atoms with van der Waals surface area (Å²) in [5.41, 5.74) is 3.89. The van der Waals surface area contributed by atoms with Crippen LogP contribution in [0, 0.1) is 5.92 Å². The van der Waals surface area contributed by atoms with Gasteiger partial charge in [0.15, 0.2) is 0 Å². The molecule has 1 aromatic rings. The number of hydrogen-bond donors (Lipinski definition) is 0. The van der Waals surface area contributed by atoms with Gasteiger partial charge in [-0.1, -0.05) is 19.4 Å². The standard InChI is InChI=1S/C16H20N2O/c1-2-3-12-8-16(19)18(10-12)11-13-6-14-4-5-17-9-15(14)7-13/h4-6,9,12H,2-3,7-8,10-11H2,1H3. The number of fused-ring (bicyclic) bond motifs is 1. The molecule has 1 aliphatic heterocycles. The van der Waals surface area contributed by atoms with E-state index in [-0.39, 0.29) is 0 Å². The zero-order chi connectivity index (χ0) is 13.2. The molecular formula is C16H20N2O. The summed E-state index contributed by atoms with van der Waals surface area (Å²) >= 11 is 0. The first-order valence-corrected chi connectivity index (χ1v) is 7.16. The smallest absolute Gasteiger partial charge is 0.223 e. The normalized spacial score (nSPS) is 21.7. The van der Waals surface area contributed by atoms with Crippen molar-refractivity contribution in [3.8, 4) is 0 Å². The van der Waals surface area contributed by atoms with Crippen LogP contribution in [0.1, 0.15) is 37.3 Å². The Morgan fingerprint density at radius 3 is 3.16 bits per heavy atom. The number of pyridine rings is 1. The molecule has 1 unspecified atom stereocenters. The van der Waals surface area contributed by atoms with Gasteiger partial charge in [-0.15, -0.1) is 0 Å². The van der Waals surface area contributed by atoms with E-state index in [1.807, 2.05) is 23.4 Å². The molecule has 2 aliphatic rings. The van der Waals surface area contributed by atoms with Gasteiger partial charge in [0, 0.05) is 31.9 Å². The van der Waals surface area contributed by atoms with Crippen molar-refractivity contribution in [2.45, 2.75) is 32.6 Å². The molecule has 100 valence electrons. The second-order valence-electron chi connectivity index (χ2n) is 5.69. The van der Waals surface area contributed by atoms with Gasteiger partial charge in [-0.3, -0.25) is 9.78 Å². The van der Waals surface area contributed by atoms with Gasteiger partial charge in [0.25, 0.3) is 0 Å². The fourth-order valence-corrected chi connectivity index (χ4v) is 3.20. The number of amides is 1. The lowest BCUT2D eigenvalue weighted by molar-refractivity contribution is -0.127. The highest BCUT2D eigenvalue weighted by atomic mass is 16.2. The average Bonchev–Trinajstić information content (AvgIpc) is 2.94. The lowest BCUT2D eigenvalue weighted by Crippen LogP contribution is -2.27. The molecule has 1 aromatic heterocycles. The molecule has 0 spiro atoms. The van der Waals surface area contributed by atoms with Crippen molar-refractivity contribution >= 4 is 12.0 Å². The van der Waals surface area contributed by atoms with Crippen LogP contribution in [-0.4, -0.2) is 28.9 Å². The number of likely N-dealkylation sites (tertiary alicyclic amines) is 1. The van der Waals surface area contributed by atoms with Crippen molar-refractivity contribution in [2.24, 2.45) is 5.92 Å². The Labute approximate surface area is 114 Å². The highest BCUT2D eigenvalue weighted by molar-refractivity contribution is 5.79. The number of rotatable bonds is 4. The summed E-state index contributed by atoms with van der Waals surface area (Å²) in [6, 6.07) is 2.05. The predicted octanol–water partition coefficient (Wildman–Crippen LogP) is 2.67. The summed E-state index contributed by atoms with van der Waals surface area (Å²) < 4.78 is 0. The number of hydrogen-bond acceptors (Lipinski definition) is 2. The monoisotopic (exact) mass is 256 g/mol. The van der Waals surface area contributed by atoms with Crippen LogP contribution in [0.25, 0.3) is 6.08 Å². The van der Waals surface area contributed by atoms with Crippen LogP contribution in [0.5, 0.6) is 0 Å². The number of carbonyl (C=O) groups excluding carboxylic acids is 1. The highest BCUT2D eigenvalue weighted by Crippen LogP contribution is 2.27. The largest absolute Gasteiger partial charge is 0.338 e. The summed E-state index contributed by atoms with van der Waals surface area (Å²) in [6.45, 7) is 3.93. The zero-order valence-corrected chi connectivity index (χ0v) is 11.4. The summed E-state index contributed by atoms with van der Waals surface area (Å²) in [5.74, 6) is 0.900. The fraction of sp³-hybridized carbons (Fsp3) is 0.500. The Morgan fingerprint density at radius 1 is 1.47 bits per heavy atom. The van der Waals surface area contributed by atoms with Crippen molar-refractivity contribution in [1.29, 1.82) is 0 Å². The SMILES string of the molecule is CCCC1CC(=O)N(CC2=Cc3ccncc3C2)C1. The van der Waals surface area contributed by atoms with Crippen molar-refractivity contribution in [3.63, 3.8) is 0 Å². The number of nitrogens with zero attached hydrogens (tertiary/aromatic N) is 2. The molecule has 3 nitrogen and oxygen atoms in total. The quantitative estimate of drug-likeness (QED) is 0.829. The third-order valence-corrected chi connectivity index (χ3v) is 4.10. The second-order valence-corrected chi connectivity index (χ2v) is 5.69. The van der Waals surface area contributed by atoms with Gasteiger partial charge in [-0.05, 0) is 41.5 Å². The molecule has 2 heterocycles. The first-order chi connectivity index (χ1) is 9.26. The van der Waals surface area contributed by atoms with Gasteiger partial charge in [-0.25, -0.2) is 0 Å². The van der Waals surface area contributed by atoms with Crippen LogP contribution in [-0.2, 0) is 11.2 Å². The van der Waals surface area contributed by atoms with E-state index in [1.54, 1.807) is 0 Å². The Morgan fingerprint density at radius 2 is 2.37 bits per heavy atom. The third kappa shape index (κ3) is 2.55. The molecule has 1 amide bonds. The van der Waals surface area contributed by atoms with Crippen molar-refractivity contribution in [2.75, 3.05) is 13.1 Å².